The van der Waals surface area contributed by atoms with Crippen molar-refractivity contribution in [2.45, 2.75) is 33.1 Å². The molecule has 1 aliphatic heterocycles. The normalized spacial score (nSPS) is 14.3. The van der Waals surface area contributed by atoms with Gasteiger partial charge in [-0.1, -0.05) is 38.1 Å². The van der Waals surface area contributed by atoms with Gasteiger partial charge in [0.05, 0.1) is 5.69 Å². The molecule has 1 saturated heterocycles. The largest absolute Gasteiger partial charge is 0.357 e. The van der Waals surface area contributed by atoms with Crippen molar-refractivity contribution < 1.29 is 4.79 Å². The Morgan fingerprint density at radius 1 is 1.19 bits per heavy atom. The Bertz CT molecular complexity index is 917. The highest BCUT2D eigenvalue weighted by molar-refractivity contribution is 7.13. The van der Waals surface area contributed by atoms with Crippen molar-refractivity contribution >= 4 is 17.2 Å². The molecule has 2 aromatic heterocycles. The topological polar surface area (TPSA) is 49.0 Å². The lowest BCUT2D eigenvalue weighted by molar-refractivity contribution is 0.0788. The van der Waals surface area contributed by atoms with Crippen molar-refractivity contribution in [2.75, 3.05) is 13.1 Å². The average molecular weight is 380 g/mol. The van der Waals surface area contributed by atoms with E-state index in [4.69, 9.17) is 4.98 Å². The number of thiazole rings is 1. The van der Waals surface area contributed by atoms with Crippen LogP contribution in [0.2, 0.25) is 0 Å². The van der Waals surface area contributed by atoms with Crippen LogP contribution in [0.4, 0.5) is 0 Å². The first kappa shape index (κ1) is 18.0. The maximum absolute atomic E-state index is 12.5. The summed E-state index contributed by atoms with van der Waals surface area (Å²) in [5.41, 5.74) is 5.04. The number of benzene rings is 1. The van der Waals surface area contributed by atoms with Crippen LogP contribution < -0.4 is 0 Å². The molecule has 5 heteroatoms. The van der Waals surface area contributed by atoms with Crippen LogP contribution >= 0.6 is 11.3 Å². The van der Waals surface area contributed by atoms with E-state index < -0.39 is 0 Å². The fraction of sp³-hybridized carbons (Fsp3) is 0.364. The summed E-state index contributed by atoms with van der Waals surface area (Å²) in [7, 11) is 0. The molecule has 4 nitrogen and oxygen atoms in total. The molecule has 1 aliphatic rings. The van der Waals surface area contributed by atoms with E-state index >= 15 is 0 Å². The molecule has 1 N–H and O–H groups in total. The Morgan fingerprint density at radius 2 is 1.93 bits per heavy atom. The summed E-state index contributed by atoms with van der Waals surface area (Å²) < 4.78 is 0. The molecule has 0 bridgehead atoms. The van der Waals surface area contributed by atoms with Gasteiger partial charge in [-0.2, -0.15) is 0 Å². The van der Waals surface area contributed by atoms with Crippen LogP contribution in [0.1, 0.15) is 42.7 Å². The summed E-state index contributed by atoms with van der Waals surface area (Å²) in [6.07, 6.45) is 5.18. The Hall–Kier alpha value is -2.40. The molecular weight excluding hydrogens is 354 g/mol. The number of carbonyl (C=O) groups excluding carboxylic acids is 1. The minimum Gasteiger partial charge on any atom is -0.357 e. The van der Waals surface area contributed by atoms with Gasteiger partial charge in [-0.25, -0.2) is 4.98 Å². The smallest absolute Gasteiger partial charge is 0.270 e. The van der Waals surface area contributed by atoms with Crippen molar-refractivity contribution in [3.05, 3.63) is 53.2 Å². The van der Waals surface area contributed by atoms with E-state index in [1.165, 1.54) is 5.56 Å². The van der Waals surface area contributed by atoms with Crippen molar-refractivity contribution in [1.82, 2.24) is 14.9 Å². The van der Waals surface area contributed by atoms with Crippen molar-refractivity contribution in [2.24, 2.45) is 5.92 Å². The molecule has 0 atom stereocenters. The van der Waals surface area contributed by atoms with Gasteiger partial charge in [-0.15, -0.1) is 11.3 Å². The van der Waals surface area contributed by atoms with Crippen molar-refractivity contribution in [1.29, 1.82) is 0 Å². The minimum atomic E-state index is 0.0925. The minimum absolute atomic E-state index is 0.0925. The zero-order valence-corrected chi connectivity index (χ0v) is 16.7. The molecule has 0 saturated carbocycles. The number of nitrogens with one attached hydrogen (secondary N) is 1. The van der Waals surface area contributed by atoms with E-state index in [1.807, 2.05) is 17.2 Å². The van der Waals surface area contributed by atoms with Crippen LogP contribution in [-0.4, -0.2) is 33.9 Å². The van der Waals surface area contributed by atoms with Crippen LogP contribution in [0, 0.1) is 5.92 Å². The number of nitrogens with zero attached hydrogens (tertiary/aromatic N) is 2. The molecule has 1 fully saturated rings. The number of hydrogen-bond acceptors (Lipinski definition) is 3. The highest BCUT2D eigenvalue weighted by atomic mass is 32.1. The highest BCUT2D eigenvalue weighted by Crippen LogP contribution is 2.30. The van der Waals surface area contributed by atoms with Gasteiger partial charge in [-0.05, 0) is 36.8 Å². The second-order valence-electron chi connectivity index (χ2n) is 7.63. The van der Waals surface area contributed by atoms with Gasteiger partial charge < -0.3 is 9.88 Å². The van der Waals surface area contributed by atoms with Crippen LogP contribution in [0.5, 0.6) is 0 Å². The molecule has 4 rings (SSSR count). The lowest BCUT2D eigenvalue weighted by atomic mass is 10.0. The number of carbonyl (C=O) groups is 1. The molecule has 0 unspecified atom stereocenters. The van der Waals surface area contributed by atoms with Crippen LogP contribution in [0.25, 0.3) is 21.8 Å². The quantitative estimate of drug-likeness (QED) is 0.659. The first-order valence-corrected chi connectivity index (χ1v) is 10.5. The van der Waals surface area contributed by atoms with Gasteiger partial charge in [0.2, 0.25) is 0 Å². The first-order chi connectivity index (χ1) is 13.1. The van der Waals surface area contributed by atoms with Crippen molar-refractivity contribution in [3.8, 4) is 21.8 Å². The third-order valence-corrected chi connectivity index (χ3v) is 5.84. The number of likely N-dealkylation sites (tertiary alicyclic amines) is 1. The van der Waals surface area contributed by atoms with E-state index in [2.05, 4.69) is 48.5 Å². The molecule has 3 aromatic rings. The second-order valence-corrected chi connectivity index (χ2v) is 8.49. The predicted octanol–water partition coefficient (Wildman–Crippen LogP) is 5.24. The molecular formula is C22H25N3OS. The fourth-order valence-electron chi connectivity index (χ4n) is 3.55. The Morgan fingerprint density at radius 3 is 2.63 bits per heavy atom. The Balaban J connectivity index is 1.50. The number of rotatable bonds is 5. The van der Waals surface area contributed by atoms with Gasteiger partial charge in [0.25, 0.3) is 5.91 Å². The van der Waals surface area contributed by atoms with E-state index in [-0.39, 0.29) is 5.91 Å². The van der Waals surface area contributed by atoms with E-state index in [0.717, 1.165) is 54.2 Å². The number of hydrogen-bond donors (Lipinski definition) is 1. The molecule has 3 heterocycles. The zero-order chi connectivity index (χ0) is 18.8. The number of H-pyrrole nitrogens is 1. The van der Waals surface area contributed by atoms with Gasteiger partial charge in [-0.3, -0.25) is 4.79 Å². The van der Waals surface area contributed by atoms with Crippen molar-refractivity contribution in [3.63, 3.8) is 0 Å². The predicted molar refractivity (Wildman–Crippen MR) is 111 cm³/mol. The molecule has 0 radical (unpaired) electrons. The van der Waals surface area contributed by atoms with Crippen LogP contribution in [-0.2, 0) is 6.42 Å². The summed E-state index contributed by atoms with van der Waals surface area (Å²) in [6.45, 7) is 6.20. The van der Waals surface area contributed by atoms with E-state index in [1.54, 1.807) is 11.3 Å². The summed E-state index contributed by atoms with van der Waals surface area (Å²) in [6, 6.07) is 10.6. The van der Waals surface area contributed by atoms with Crippen LogP contribution in [0.3, 0.4) is 0 Å². The third-order valence-electron chi connectivity index (χ3n) is 4.95. The fourth-order valence-corrected chi connectivity index (χ4v) is 4.39. The number of amides is 1. The highest BCUT2D eigenvalue weighted by Gasteiger charge is 2.21. The van der Waals surface area contributed by atoms with Gasteiger partial charge >= 0.3 is 0 Å². The Labute approximate surface area is 164 Å². The standard InChI is InChI=1S/C22H25N3OS/c1-15(2)11-16-5-7-17(8-6-16)21-24-20(14-27-21)18-12-19(23-13-18)22(26)25-9-3-4-10-25/h5-8,12-15,23H,3-4,9-11H2,1-2H3. The summed E-state index contributed by atoms with van der Waals surface area (Å²) in [4.78, 5) is 22.3. The lowest BCUT2D eigenvalue weighted by Crippen LogP contribution is -2.27. The zero-order valence-electron chi connectivity index (χ0n) is 15.9. The molecule has 140 valence electrons. The summed E-state index contributed by atoms with van der Waals surface area (Å²) in [5, 5.41) is 3.07. The SMILES string of the molecule is CC(C)Cc1ccc(-c2nc(-c3c[nH]c(C(=O)N4CCCC4)c3)cs2)cc1. The van der Waals surface area contributed by atoms with Crippen LogP contribution in [0.15, 0.2) is 41.9 Å². The summed E-state index contributed by atoms with van der Waals surface area (Å²) >= 11 is 1.64. The molecule has 0 spiro atoms. The van der Waals surface area contributed by atoms with Gasteiger partial charge in [0.1, 0.15) is 10.7 Å². The first-order valence-electron chi connectivity index (χ1n) is 9.63. The number of aromatic nitrogens is 2. The maximum atomic E-state index is 12.5. The lowest BCUT2D eigenvalue weighted by Gasteiger charge is -2.13. The number of aromatic amines is 1. The molecule has 0 aliphatic carbocycles. The van der Waals surface area contributed by atoms with E-state index in [9.17, 15) is 4.79 Å². The average Bonchev–Trinajstić information content (AvgIpc) is 3.41. The molecule has 1 amide bonds. The second kappa shape index (κ2) is 7.69. The summed E-state index contributed by atoms with van der Waals surface area (Å²) in [5.74, 6) is 0.753. The van der Waals surface area contributed by atoms with E-state index in [0.29, 0.717) is 11.6 Å². The maximum Gasteiger partial charge on any atom is 0.270 e. The van der Waals surface area contributed by atoms with Gasteiger partial charge in [0.15, 0.2) is 0 Å². The van der Waals surface area contributed by atoms with Gasteiger partial charge in [0, 0.05) is 35.8 Å². The molecule has 27 heavy (non-hydrogen) atoms. The molecule has 1 aromatic carbocycles. The third kappa shape index (κ3) is 3.98. The Kier molecular flexibility index (Phi) is 5.12. The monoisotopic (exact) mass is 379 g/mol.